The zero-order valence-corrected chi connectivity index (χ0v) is 27.3. The van der Waals surface area contributed by atoms with Crippen LogP contribution in [0.1, 0.15) is 143 Å². The van der Waals surface area contributed by atoms with E-state index in [-0.39, 0.29) is 6.61 Å². The molecule has 0 bridgehead atoms. The molecule has 1 atom stereocenters. The predicted octanol–water partition coefficient (Wildman–Crippen LogP) is 7.85. The zero-order valence-electron chi connectivity index (χ0n) is 26.4. The highest BCUT2D eigenvalue weighted by Crippen LogP contribution is 2.48. The quantitative estimate of drug-likeness (QED) is 0.0339. The van der Waals surface area contributed by atoms with Crippen molar-refractivity contribution in [1.82, 2.24) is 0 Å². The third kappa shape index (κ3) is 23.0. The van der Waals surface area contributed by atoms with Crippen molar-refractivity contribution in [2.45, 2.75) is 149 Å². The van der Waals surface area contributed by atoms with Gasteiger partial charge in [-0.2, -0.15) is 0 Å². The summed E-state index contributed by atoms with van der Waals surface area (Å²) >= 11 is 0. The first-order valence-electron chi connectivity index (χ1n) is 15.8. The SMILES string of the molecule is CCCCCCCC/C=C\CCCCCCCCCCCCC(C)(C)C(O)(O)OP(=O)([O-])OCC[N+](C)(C)C. The fourth-order valence-electron chi connectivity index (χ4n) is 4.42. The van der Waals surface area contributed by atoms with Crippen molar-refractivity contribution in [3.05, 3.63) is 12.2 Å². The molecule has 0 aromatic heterocycles. The van der Waals surface area contributed by atoms with Gasteiger partial charge in [0.15, 0.2) is 0 Å². The lowest BCUT2D eigenvalue weighted by molar-refractivity contribution is -0.870. The van der Waals surface area contributed by atoms with Gasteiger partial charge in [0.25, 0.3) is 13.8 Å². The van der Waals surface area contributed by atoms with Crippen molar-refractivity contribution >= 4 is 7.82 Å². The molecule has 0 fully saturated rings. The summed E-state index contributed by atoms with van der Waals surface area (Å²) < 4.78 is 22.1. The smallest absolute Gasteiger partial charge is 0.289 e. The van der Waals surface area contributed by atoms with Crippen molar-refractivity contribution in [3.63, 3.8) is 0 Å². The van der Waals surface area contributed by atoms with Gasteiger partial charge in [0.2, 0.25) is 0 Å². The van der Waals surface area contributed by atoms with Gasteiger partial charge in [0, 0.05) is 5.41 Å². The van der Waals surface area contributed by atoms with Crippen molar-refractivity contribution in [2.75, 3.05) is 34.3 Å². The second-order valence-electron chi connectivity index (χ2n) is 13.0. The standard InChI is InChI=1S/C31H64NO6P/c1-7-8-9-10-11-12-13-14-15-16-17-18-19-20-21-22-23-24-25-26-27-30(2,3)31(33,34)38-39(35,36)37-29-28-32(4,5)6/h14-15,33-34H,7-13,16-29H2,1-6H3/b15-14-. The maximum atomic E-state index is 12.1. The topological polar surface area (TPSA) is 99.0 Å². The maximum Gasteiger partial charge on any atom is 0.289 e. The van der Waals surface area contributed by atoms with Crippen molar-refractivity contribution in [3.8, 4) is 0 Å². The monoisotopic (exact) mass is 577 g/mol. The summed E-state index contributed by atoms with van der Waals surface area (Å²) in [7, 11) is 0.880. The number of allylic oxidation sites excluding steroid dienone is 2. The number of phosphoric ester groups is 1. The number of phosphoric acid groups is 1. The van der Waals surface area contributed by atoms with Crippen LogP contribution in [0.4, 0.5) is 0 Å². The zero-order chi connectivity index (χ0) is 29.7. The van der Waals surface area contributed by atoms with Gasteiger partial charge in [0.1, 0.15) is 13.2 Å². The molecule has 39 heavy (non-hydrogen) atoms. The van der Waals surface area contributed by atoms with Gasteiger partial charge in [-0.1, -0.05) is 123 Å². The summed E-state index contributed by atoms with van der Waals surface area (Å²) in [6.45, 7) is 5.83. The molecule has 0 aliphatic rings. The molecule has 0 saturated heterocycles. The van der Waals surface area contributed by atoms with E-state index in [0.717, 1.165) is 19.3 Å². The molecule has 0 aliphatic carbocycles. The Morgan fingerprint density at radius 3 is 1.59 bits per heavy atom. The number of quaternary nitrogens is 1. The minimum atomic E-state index is -4.84. The van der Waals surface area contributed by atoms with Gasteiger partial charge < -0.3 is 24.1 Å². The van der Waals surface area contributed by atoms with Gasteiger partial charge in [-0.15, -0.1) is 0 Å². The Balaban J connectivity index is 3.78. The summed E-state index contributed by atoms with van der Waals surface area (Å²) in [6, 6.07) is 0. The summed E-state index contributed by atoms with van der Waals surface area (Å²) in [5.74, 6) is -2.81. The van der Waals surface area contributed by atoms with E-state index in [1.807, 2.05) is 21.1 Å². The van der Waals surface area contributed by atoms with E-state index in [9.17, 15) is 19.7 Å². The van der Waals surface area contributed by atoms with Crippen LogP contribution in [0, 0.1) is 5.41 Å². The minimum absolute atomic E-state index is 0.0858. The molecule has 234 valence electrons. The first-order chi connectivity index (χ1) is 18.2. The fourth-order valence-corrected chi connectivity index (χ4v) is 5.33. The molecular formula is C31H64NO6P. The molecule has 0 heterocycles. The van der Waals surface area contributed by atoms with E-state index in [1.54, 1.807) is 13.8 Å². The third-order valence-corrected chi connectivity index (χ3v) is 8.42. The molecule has 0 aliphatic heterocycles. The first-order valence-corrected chi connectivity index (χ1v) is 17.2. The van der Waals surface area contributed by atoms with Crippen LogP contribution in [0.15, 0.2) is 12.2 Å². The van der Waals surface area contributed by atoms with Crippen LogP contribution < -0.4 is 4.89 Å². The lowest BCUT2D eigenvalue weighted by Gasteiger charge is -2.40. The van der Waals surface area contributed by atoms with E-state index in [2.05, 4.69) is 23.6 Å². The molecule has 8 heteroatoms. The normalized spacial score (nSPS) is 14.8. The van der Waals surface area contributed by atoms with Crippen LogP contribution in [-0.4, -0.2) is 55.0 Å². The second-order valence-corrected chi connectivity index (χ2v) is 14.3. The van der Waals surface area contributed by atoms with Crippen molar-refractivity contribution in [2.24, 2.45) is 5.41 Å². The Morgan fingerprint density at radius 2 is 1.15 bits per heavy atom. The first kappa shape index (κ1) is 38.7. The molecule has 0 rings (SSSR count). The minimum Gasteiger partial charge on any atom is -0.756 e. The lowest BCUT2D eigenvalue weighted by Crippen LogP contribution is -2.47. The number of nitrogens with zero attached hydrogens (tertiary/aromatic N) is 1. The number of unbranched alkanes of at least 4 members (excludes halogenated alkanes) is 16. The molecule has 1 unspecified atom stereocenters. The van der Waals surface area contributed by atoms with E-state index in [1.165, 1.54) is 96.3 Å². The molecule has 0 spiro atoms. The highest BCUT2D eigenvalue weighted by Gasteiger charge is 2.46. The van der Waals surface area contributed by atoms with Gasteiger partial charge in [-0.25, -0.2) is 0 Å². The molecule has 2 N–H and O–H groups in total. The highest BCUT2D eigenvalue weighted by atomic mass is 31.2. The van der Waals surface area contributed by atoms with Crippen molar-refractivity contribution in [1.29, 1.82) is 0 Å². The Morgan fingerprint density at radius 1 is 0.744 bits per heavy atom. The largest absolute Gasteiger partial charge is 0.756 e. The van der Waals surface area contributed by atoms with Gasteiger partial charge in [-0.05, 0) is 32.1 Å². The molecule has 7 nitrogen and oxygen atoms in total. The van der Waals surface area contributed by atoms with E-state index < -0.39 is 19.2 Å². The predicted molar refractivity (Wildman–Crippen MR) is 161 cm³/mol. The average Bonchev–Trinajstić information content (AvgIpc) is 2.81. The second kappa shape index (κ2) is 21.4. The average molecular weight is 578 g/mol. The van der Waals surface area contributed by atoms with Crippen LogP contribution in [-0.2, 0) is 13.6 Å². The lowest BCUT2D eigenvalue weighted by atomic mass is 9.84. The van der Waals surface area contributed by atoms with Crippen LogP contribution in [0.5, 0.6) is 0 Å². The molecule has 0 amide bonds. The van der Waals surface area contributed by atoms with E-state index in [4.69, 9.17) is 4.52 Å². The Bertz CT molecular complexity index is 660. The summed E-state index contributed by atoms with van der Waals surface area (Å²) in [5, 5.41) is 20.7. The molecule has 0 aromatic carbocycles. The third-order valence-electron chi connectivity index (χ3n) is 7.45. The number of likely N-dealkylation sites (N-methyl/N-ethyl adjacent to an activating group) is 1. The summed E-state index contributed by atoms with van der Waals surface area (Å²) in [6.07, 6.45) is 27.6. The van der Waals surface area contributed by atoms with Crippen LogP contribution >= 0.6 is 7.82 Å². The molecule has 0 radical (unpaired) electrons. The van der Waals surface area contributed by atoms with Gasteiger partial charge in [-0.3, -0.25) is 9.09 Å². The summed E-state index contributed by atoms with van der Waals surface area (Å²) in [5.41, 5.74) is -1.15. The molecule has 0 saturated carbocycles. The maximum absolute atomic E-state index is 12.1. The number of aliphatic hydroxyl groups is 2. The Labute approximate surface area is 241 Å². The summed E-state index contributed by atoms with van der Waals surface area (Å²) in [4.78, 5) is 12.1. The van der Waals surface area contributed by atoms with E-state index in [0.29, 0.717) is 17.4 Å². The molecular weight excluding hydrogens is 513 g/mol. The van der Waals surface area contributed by atoms with Crippen molar-refractivity contribution < 1.29 is 33.2 Å². The fraction of sp³-hybridized carbons (Fsp3) is 0.935. The van der Waals surface area contributed by atoms with E-state index >= 15 is 0 Å². The van der Waals surface area contributed by atoms with Crippen LogP contribution in [0.25, 0.3) is 0 Å². The van der Waals surface area contributed by atoms with Crippen LogP contribution in [0.2, 0.25) is 0 Å². The van der Waals surface area contributed by atoms with Gasteiger partial charge >= 0.3 is 0 Å². The van der Waals surface area contributed by atoms with Crippen LogP contribution in [0.3, 0.4) is 0 Å². The molecule has 0 aromatic rings. The Kier molecular flexibility index (Phi) is 21.3. The number of hydrogen-bond acceptors (Lipinski definition) is 6. The number of rotatable bonds is 27. The Hall–Kier alpha value is -0.270. The number of hydrogen-bond donors (Lipinski definition) is 2. The highest BCUT2D eigenvalue weighted by molar-refractivity contribution is 7.45. The van der Waals surface area contributed by atoms with Gasteiger partial charge in [0.05, 0.1) is 21.1 Å².